The second kappa shape index (κ2) is 6.34. The van der Waals surface area contributed by atoms with Gasteiger partial charge < -0.3 is 11.1 Å². The molecule has 7 heteroatoms. The number of aryl methyl sites for hydroxylation is 1. The maximum Gasteiger partial charge on any atom is 0.321 e. The van der Waals surface area contributed by atoms with Gasteiger partial charge in [-0.1, -0.05) is 20.8 Å². The zero-order valence-electron chi connectivity index (χ0n) is 10.7. The number of carbonyl (C=O) groups excluding carboxylic acids is 2. The third-order valence-electron chi connectivity index (χ3n) is 2.38. The Hall–Kier alpha value is -1.63. The van der Waals surface area contributed by atoms with Gasteiger partial charge in [0.25, 0.3) is 0 Å². The van der Waals surface area contributed by atoms with Crippen molar-refractivity contribution in [2.45, 2.75) is 33.2 Å². The average molecular weight is 270 g/mol. The molecular formula is C11H18N4O2S. The predicted molar refractivity (Wildman–Crippen MR) is 71.5 cm³/mol. The van der Waals surface area contributed by atoms with Crippen LogP contribution in [0, 0.1) is 5.92 Å². The predicted octanol–water partition coefficient (Wildman–Crippen LogP) is 1.34. The number of nitrogens with two attached hydrogens (primary N) is 1. The van der Waals surface area contributed by atoms with E-state index in [1.54, 1.807) is 6.20 Å². The fraction of sp³-hybridized carbons (Fsp3) is 0.545. The van der Waals surface area contributed by atoms with Gasteiger partial charge in [-0.15, -0.1) is 11.3 Å². The SMILES string of the molecule is CCc1cnc(NC(=O)N[C@@H](C(N)=O)C(C)C)s1. The van der Waals surface area contributed by atoms with Crippen molar-refractivity contribution >= 4 is 28.4 Å². The lowest BCUT2D eigenvalue weighted by molar-refractivity contribution is -0.120. The van der Waals surface area contributed by atoms with Crippen LogP contribution in [0.4, 0.5) is 9.93 Å². The number of urea groups is 1. The molecule has 4 N–H and O–H groups in total. The van der Waals surface area contributed by atoms with Crippen LogP contribution in [0.3, 0.4) is 0 Å². The molecule has 100 valence electrons. The highest BCUT2D eigenvalue weighted by atomic mass is 32.1. The van der Waals surface area contributed by atoms with Crippen LogP contribution in [-0.4, -0.2) is 23.0 Å². The summed E-state index contributed by atoms with van der Waals surface area (Å²) in [5.74, 6) is -0.607. The van der Waals surface area contributed by atoms with Gasteiger partial charge in [0.15, 0.2) is 5.13 Å². The summed E-state index contributed by atoms with van der Waals surface area (Å²) in [6.45, 7) is 5.64. The maximum atomic E-state index is 11.7. The molecule has 0 aromatic carbocycles. The Labute approximate surface area is 110 Å². The molecule has 0 aliphatic carbocycles. The summed E-state index contributed by atoms with van der Waals surface area (Å²) in [5.41, 5.74) is 5.21. The summed E-state index contributed by atoms with van der Waals surface area (Å²) in [7, 11) is 0. The molecule has 0 saturated heterocycles. The number of rotatable bonds is 5. The number of nitrogens with zero attached hydrogens (tertiary/aromatic N) is 1. The first-order chi connectivity index (χ1) is 8.43. The average Bonchev–Trinajstić information content (AvgIpc) is 2.72. The molecule has 1 aromatic heterocycles. The number of hydrogen-bond acceptors (Lipinski definition) is 4. The van der Waals surface area contributed by atoms with E-state index in [-0.39, 0.29) is 5.92 Å². The Morgan fingerprint density at radius 2 is 2.17 bits per heavy atom. The van der Waals surface area contributed by atoms with E-state index in [1.807, 2.05) is 20.8 Å². The first-order valence-corrected chi connectivity index (χ1v) is 6.57. The van der Waals surface area contributed by atoms with Crippen molar-refractivity contribution in [1.29, 1.82) is 0 Å². The Balaban J connectivity index is 2.57. The molecule has 6 nitrogen and oxygen atoms in total. The highest BCUT2D eigenvalue weighted by Gasteiger charge is 2.21. The molecule has 0 fully saturated rings. The smallest absolute Gasteiger partial charge is 0.321 e. The van der Waals surface area contributed by atoms with Gasteiger partial charge >= 0.3 is 6.03 Å². The first kappa shape index (κ1) is 14.4. The quantitative estimate of drug-likeness (QED) is 0.753. The Bertz CT molecular complexity index is 430. The minimum Gasteiger partial charge on any atom is -0.368 e. The van der Waals surface area contributed by atoms with Crippen molar-refractivity contribution in [3.05, 3.63) is 11.1 Å². The molecule has 0 radical (unpaired) electrons. The van der Waals surface area contributed by atoms with E-state index >= 15 is 0 Å². The highest BCUT2D eigenvalue weighted by Crippen LogP contribution is 2.18. The van der Waals surface area contributed by atoms with Crippen molar-refractivity contribution < 1.29 is 9.59 Å². The Morgan fingerprint density at radius 3 is 2.61 bits per heavy atom. The van der Waals surface area contributed by atoms with Crippen LogP contribution in [0.2, 0.25) is 0 Å². The number of thiazole rings is 1. The van der Waals surface area contributed by atoms with Gasteiger partial charge in [-0.05, 0) is 12.3 Å². The second-order valence-corrected chi connectivity index (χ2v) is 5.32. The number of amides is 3. The number of nitrogens with one attached hydrogen (secondary N) is 2. The lowest BCUT2D eigenvalue weighted by Gasteiger charge is -2.18. The second-order valence-electron chi connectivity index (χ2n) is 4.21. The van der Waals surface area contributed by atoms with Crippen molar-refractivity contribution in [3.63, 3.8) is 0 Å². The van der Waals surface area contributed by atoms with Crippen molar-refractivity contribution in [2.24, 2.45) is 11.7 Å². The summed E-state index contributed by atoms with van der Waals surface area (Å²) in [6, 6.07) is -1.15. The van der Waals surface area contributed by atoms with Crippen molar-refractivity contribution in [2.75, 3.05) is 5.32 Å². The van der Waals surface area contributed by atoms with Gasteiger partial charge in [-0.25, -0.2) is 9.78 Å². The van der Waals surface area contributed by atoms with Crippen LogP contribution in [0.5, 0.6) is 0 Å². The summed E-state index contributed by atoms with van der Waals surface area (Å²) >= 11 is 1.41. The zero-order chi connectivity index (χ0) is 13.7. The molecule has 0 saturated carbocycles. The van der Waals surface area contributed by atoms with Crippen LogP contribution in [0.25, 0.3) is 0 Å². The number of hydrogen-bond donors (Lipinski definition) is 3. The van der Waals surface area contributed by atoms with Crippen LogP contribution >= 0.6 is 11.3 Å². The van der Waals surface area contributed by atoms with Gasteiger partial charge in [0.2, 0.25) is 5.91 Å². The van der Waals surface area contributed by atoms with Crippen molar-refractivity contribution in [1.82, 2.24) is 10.3 Å². The monoisotopic (exact) mass is 270 g/mol. The van der Waals surface area contributed by atoms with Crippen LogP contribution in [0.1, 0.15) is 25.6 Å². The first-order valence-electron chi connectivity index (χ1n) is 5.75. The zero-order valence-corrected chi connectivity index (χ0v) is 11.5. The topological polar surface area (TPSA) is 97.1 Å². The van der Waals surface area contributed by atoms with E-state index in [0.717, 1.165) is 11.3 Å². The molecule has 3 amide bonds. The molecule has 0 spiro atoms. The Kier molecular flexibility index (Phi) is 5.08. The molecule has 1 rings (SSSR count). The Morgan fingerprint density at radius 1 is 1.50 bits per heavy atom. The maximum absolute atomic E-state index is 11.7. The fourth-order valence-electron chi connectivity index (χ4n) is 1.37. The van der Waals surface area contributed by atoms with Gasteiger partial charge in [0.1, 0.15) is 6.04 Å². The standard InChI is InChI=1S/C11H18N4O2S/c1-4-7-5-13-11(18-7)15-10(17)14-8(6(2)3)9(12)16/h5-6,8H,4H2,1-3H3,(H2,12,16)(H2,13,14,15,17)/t8-/m1/s1. The third kappa shape index (κ3) is 3.99. The molecule has 0 aliphatic rings. The van der Waals surface area contributed by atoms with E-state index in [2.05, 4.69) is 15.6 Å². The van der Waals surface area contributed by atoms with Gasteiger partial charge in [-0.2, -0.15) is 0 Å². The summed E-state index contributed by atoms with van der Waals surface area (Å²) < 4.78 is 0. The van der Waals surface area contributed by atoms with E-state index < -0.39 is 18.0 Å². The molecule has 0 bridgehead atoms. The molecule has 0 aliphatic heterocycles. The molecule has 1 heterocycles. The minimum absolute atomic E-state index is 0.0595. The lowest BCUT2D eigenvalue weighted by atomic mass is 10.0. The number of anilines is 1. The molecule has 18 heavy (non-hydrogen) atoms. The van der Waals surface area contributed by atoms with E-state index in [1.165, 1.54) is 11.3 Å². The van der Waals surface area contributed by atoms with E-state index in [4.69, 9.17) is 5.73 Å². The van der Waals surface area contributed by atoms with E-state index in [9.17, 15) is 9.59 Å². The summed E-state index contributed by atoms with van der Waals surface area (Å²) in [6.07, 6.45) is 2.59. The fourth-order valence-corrected chi connectivity index (χ4v) is 2.12. The normalized spacial score (nSPS) is 12.2. The number of primary amides is 1. The summed E-state index contributed by atoms with van der Waals surface area (Å²) in [5, 5.41) is 5.63. The highest BCUT2D eigenvalue weighted by molar-refractivity contribution is 7.15. The van der Waals surface area contributed by atoms with Gasteiger partial charge in [0.05, 0.1) is 0 Å². The molecule has 0 unspecified atom stereocenters. The van der Waals surface area contributed by atoms with Crippen LogP contribution < -0.4 is 16.4 Å². The molecule has 1 atom stereocenters. The minimum atomic E-state index is -0.685. The van der Waals surface area contributed by atoms with Gasteiger partial charge in [0, 0.05) is 11.1 Å². The molecular weight excluding hydrogens is 252 g/mol. The third-order valence-corrected chi connectivity index (χ3v) is 3.44. The van der Waals surface area contributed by atoms with Crippen molar-refractivity contribution in [3.8, 4) is 0 Å². The lowest BCUT2D eigenvalue weighted by Crippen LogP contribution is -2.49. The van der Waals surface area contributed by atoms with Gasteiger partial charge in [-0.3, -0.25) is 10.1 Å². The van der Waals surface area contributed by atoms with Crippen LogP contribution in [-0.2, 0) is 11.2 Å². The molecule has 1 aromatic rings. The number of carbonyl (C=O) groups is 2. The largest absolute Gasteiger partial charge is 0.368 e. The van der Waals surface area contributed by atoms with Crippen LogP contribution in [0.15, 0.2) is 6.20 Å². The summed E-state index contributed by atoms with van der Waals surface area (Å²) in [4.78, 5) is 28.0. The van der Waals surface area contributed by atoms with E-state index in [0.29, 0.717) is 5.13 Å². The number of aromatic nitrogens is 1.